The summed E-state index contributed by atoms with van der Waals surface area (Å²) >= 11 is 1.65. The summed E-state index contributed by atoms with van der Waals surface area (Å²) in [4.78, 5) is 18.1. The molecule has 12 heteroatoms. The van der Waals surface area contributed by atoms with Gasteiger partial charge in [0.2, 0.25) is 0 Å². The molecule has 3 aromatic heterocycles. The van der Waals surface area contributed by atoms with Gasteiger partial charge in [0, 0.05) is 54.4 Å². The van der Waals surface area contributed by atoms with Crippen molar-refractivity contribution in [3.8, 4) is 17.0 Å². The smallest absolute Gasteiger partial charge is 0.387 e. The van der Waals surface area contributed by atoms with Gasteiger partial charge in [0.1, 0.15) is 17.0 Å². The molecule has 0 atom stereocenters. The molecule has 33 heavy (non-hydrogen) atoms. The molecule has 0 saturated carbocycles. The van der Waals surface area contributed by atoms with Crippen molar-refractivity contribution < 1.29 is 18.3 Å². The predicted octanol–water partition coefficient (Wildman–Crippen LogP) is 3.05. The number of benzene rings is 1. The van der Waals surface area contributed by atoms with Crippen LogP contribution in [0.5, 0.6) is 5.75 Å². The highest BCUT2D eigenvalue weighted by Crippen LogP contribution is 2.39. The number of aromatic nitrogens is 5. The van der Waals surface area contributed by atoms with Crippen LogP contribution in [0.3, 0.4) is 0 Å². The number of alkyl halides is 2. The third-order valence-electron chi connectivity index (χ3n) is 5.07. The lowest BCUT2D eigenvalue weighted by atomic mass is 10.1. The zero-order chi connectivity index (χ0) is 22.9. The minimum Gasteiger partial charge on any atom is -0.434 e. The first kappa shape index (κ1) is 21.3. The Labute approximate surface area is 191 Å². The molecule has 4 heterocycles. The average molecular weight is 471 g/mol. The van der Waals surface area contributed by atoms with E-state index < -0.39 is 12.5 Å². The van der Waals surface area contributed by atoms with Crippen molar-refractivity contribution in [2.45, 2.75) is 16.8 Å². The van der Waals surface area contributed by atoms with Crippen molar-refractivity contribution in [3.63, 3.8) is 0 Å². The normalized spacial score (nSPS) is 13.9. The van der Waals surface area contributed by atoms with Crippen LogP contribution in [-0.4, -0.2) is 55.2 Å². The summed E-state index contributed by atoms with van der Waals surface area (Å²) in [5, 5.41) is 15.0. The van der Waals surface area contributed by atoms with E-state index in [0.29, 0.717) is 27.8 Å². The summed E-state index contributed by atoms with van der Waals surface area (Å²) in [5.74, 6) is -0.465. The quantitative estimate of drug-likeness (QED) is 0.428. The van der Waals surface area contributed by atoms with E-state index in [-0.39, 0.29) is 11.3 Å². The van der Waals surface area contributed by atoms with Gasteiger partial charge in [-0.25, -0.2) is 9.50 Å². The molecule has 0 radical (unpaired) electrons. The van der Waals surface area contributed by atoms with Crippen molar-refractivity contribution in [3.05, 3.63) is 54.6 Å². The first-order chi connectivity index (χ1) is 16.0. The first-order valence-corrected chi connectivity index (χ1v) is 11.0. The minimum atomic E-state index is -3.00. The maximum absolute atomic E-state index is 13.1. The van der Waals surface area contributed by atoms with E-state index in [1.165, 1.54) is 21.5 Å². The van der Waals surface area contributed by atoms with Crippen LogP contribution in [0.1, 0.15) is 10.4 Å². The van der Waals surface area contributed by atoms with Gasteiger partial charge in [0.25, 0.3) is 5.91 Å². The summed E-state index contributed by atoms with van der Waals surface area (Å²) < 4.78 is 33.9. The van der Waals surface area contributed by atoms with Crippen molar-refractivity contribution in [1.82, 2.24) is 29.7 Å². The number of nitrogens with zero attached hydrogens (tertiary/aromatic N) is 5. The first-order valence-electron chi connectivity index (χ1n) is 10.1. The number of halogens is 2. The molecule has 1 fully saturated rings. The number of nitrogens with one attached hydrogen (secondary N) is 2. The molecule has 1 aliphatic heterocycles. The molecule has 0 unspecified atom stereocenters. The van der Waals surface area contributed by atoms with Crippen LogP contribution in [0.25, 0.3) is 16.9 Å². The molecule has 1 saturated heterocycles. The molecule has 170 valence electrons. The van der Waals surface area contributed by atoms with E-state index in [4.69, 9.17) is 4.74 Å². The van der Waals surface area contributed by atoms with Gasteiger partial charge in [-0.1, -0.05) is 0 Å². The Hall–Kier alpha value is -3.51. The van der Waals surface area contributed by atoms with Crippen molar-refractivity contribution in [2.24, 2.45) is 7.05 Å². The number of aryl methyl sites for hydroxylation is 1. The van der Waals surface area contributed by atoms with Crippen LogP contribution in [0.15, 0.2) is 53.9 Å². The van der Waals surface area contributed by atoms with E-state index >= 15 is 0 Å². The van der Waals surface area contributed by atoms with Crippen LogP contribution in [-0.2, 0) is 7.05 Å². The van der Waals surface area contributed by atoms with Gasteiger partial charge >= 0.3 is 6.61 Å². The molecule has 4 aromatic rings. The molecule has 0 bridgehead atoms. The number of hydrogen-bond donors (Lipinski definition) is 2. The number of carbonyl (C=O) groups excluding carboxylic acids is 1. The molecule has 0 aliphatic carbocycles. The van der Waals surface area contributed by atoms with Gasteiger partial charge in [-0.05, 0) is 24.3 Å². The van der Waals surface area contributed by atoms with Gasteiger partial charge in [0.15, 0.2) is 5.65 Å². The average Bonchev–Trinajstić information content (AvgIpc) is 3.34. The number of hydrogen-bond acceptors (Lipinski definition) is 7. The maximum atomic E-state index is 13.1. The van der Waals surface area contributed by atoms with Crippen molar-refractivity contribution in [1.29, 1.82) is 0 Å². The van der Waals surface area contributed by atoms with Crippen LogP contribution < -0.4 is 15.4 Å². The van der Waals surface area contributed by atoms with E-state index in [1.807, 2.05) is 0 Å². The van der Waals surface area contributed by atoms with Crippen molar-refractivity contribution >= 4 is 29.0 Å². The van der Waals surface area contributed by atoms with Crippen LogP contribution in [0, 0.1) is 0 Å². The third-order valence-corrected chi connectivity index (χ3v) is 6.26. The van der Waals surface area contributed by atoms with Crippen LogP contribution in [0.4, 0.5) is 14.5 Å². The lowest BCUT2D eigenvalue weighted by Gasteiger charge is -2.26. The fraction of sp³-hybridized carbons (Fsp3) is 0.238. The second-order valence-electron chi connectivity index (χ2n) is 7.40. The molecule has 1 aromatic carbocycles. The maximum Gasteiger partial charge on any atom is 0.387 e. The molecule has 1 amide bonds. The number of carbonyl (C=O) groups is 1. The highest BCUT2D eigenvalue weighted by Gasteiger charge is 2.23. The number of ether oxygens (including phenoxy) is 1. The summed E-state index contributed by atoms with van der Waals surface area (Å²) in [7, 11) is 1.68. The van der Waals surface area contributed by atoms with E-state index in [9.17, 15) is 13.6 Å². The molecule has 2 N–H and O–H groups in total. The summed E-state index contributed by atoms with van der Waals surface area (Å²) in [6, 6.07) is 6.72. The summed E-state index contributed by atoms with van der Waals surface area (Å²) in [6.45, 7) is -1.23. The lowest BCUT2D eigenvalue weighted by Crippen LogP contribution is -2.44. The largest absolute Gasteiger partial charge is 0.434 e. The molecule has 1 aliphatic rings. The predicted molar refractivity (Wildman–Crippen MR) is 119 cm³/mol. The zero-order valence-corrected chi connectivity index (χ0v) is 18.2. The molecule has 0 spiro atoms. The van der Waals surface area contributed by atoms with Gasteiger partial charge in [-0.2, -0.15) is 19.0 Å². The molecule has 5 rings (SSSR count). The summed E-state index contributed by atoms with van der Waals surface area (Å²) in [6.07, 6.45) is 6.28. The second kappa shape index (κ2) is 8.79. The fourth-order valence-electron chi connectivity index (χ4n) is 3.46. The van der Waals surface area contributed by atoms with Gasteiger partial charge in [-0.3, -0.25) is 9.48 Å². The monoisotopic (exact) mass is 471 g/mol. The summed E-state index contributed by atoms with van der Waals surface area (Å²) in [5.41, 5.74) is 1.71. The SMILES string of the molecule is Cn1cc(NC(=O)c2cnn3cccnc23)c(-c2cc(SC3CNC3)ccc2OC(F)F)n1. The van der Waals surface area contributed by atoms with Gasteiger partial charge in [0.05, 0.1) is 11.9 Å². The number of thioether (sulfide) groups is 1. The number of amides is 1. The molecular weight excluding hydrogens is 452 g/mol. The standard InChI is InChI=1S/C21H19F2N7O2S/c1-29-11-16(27-20(31)15-10-26-30-6-2-5-25-19(15)30)18(28-29)14-7-12(33-13-8-24-9-13)3-4-17(14)32-21(22)23/h2-7,10-11,13,21,24H,8-9H2,1H3,(H,27,31). The highest BCUT2D eigenvalue weighted by molar-refractivity contribution is 8.00. The van der Waals surface area contributed by atoms with Crippen LogP contribution >= 0.6 is 11.8 Å². The topological polar surface area (TPSA) is 98.4 Å². The van der Waals surface area contributed by atoms with Gasteiger partial charge in [-0.15, -0.1) is 11.8 Å². The van der Waals surface area contributed by atoms with E-state index in [2.05, 4.69) is 25.8 Å². The Morgan fingerprint density at radius 3 is 2.97 bits per heavy atom. The molecule has 9 nitrogen and oxygen atoms in total. The van der Waals surface area contributed by atoms with E-state index in [0.717, 1.165) is 18.0 Å². The minimum absolute atomic E-state index is 0.0204. The lowest BCUT2D eigenvalue weighted by molar-refractivity contribution is -0.0494. The van der Waals surface area contributed by atoms with Crippen molar-refractivity contribution in [2.75, 3.05) is 18.4 Å². The molecular formula is C21H19F2N7O2S. The third kappa shape index (κ3) is 4.39. The zero-order valence-electron chi connectivity index (χ0n) is 17.4. The Kier molecular flexibility index (Phi) is 5.68. The number of fused-ring (bicyclic) bond motifs is 1. The van der Waals surface area contributed by atoms with E-state index in [1.54, 1.807) is 55.6 Å². The number of rotatable bonds is 7. The fourth-order valence-corrected chi connectivity index (χ4v) is 4.58. The Morgan fingerprint density at radius 1 is 1.36 bits per heavy atom. The Bertz CT molecular complexity index is 1320. The highest BCUT2D eigenvalue weighted by atomic mass is 32.2. The van der Waals surface area contributed by atoms with Gasteiger partial charge < -0.3 is 15.4 Å². The Balaban J connectivity index is 1.50. The number of anilines is 1. The second-order valence-corrected chi connectivity index (χ2v) is 8.77. The Morgan fingerprint density at radius 2 is 2.21 bits per heavy atom. The van der Waals surface area contributed by atoms with Crippen LogP contribution in [0.2, 0.25) is 0 Å².